The molecule has 0 aromatic carbocycles. The zero-order valence-electron chi connectivity index (χ0n) is 9.17. The van der Waals surface area contributed by atoms with Crippen LogP contribution in [0.15, 0.2) is 18.5 Å². The normalized spacial score (nSPS) is 10.5. The standard InChI is InChI=1S/C10H11ClN4O2/c1-17-9-4-8(13-10(11)14-9)15-6-7(2-3-16)5-12-15/h4-6,16H,2-3H2,1H3. The summed E-state index contributed by atoms with van der Waals surface area (Å²) in [4.78, 5) is 7.91. The molecule has 0 amide bonds. The Hall–Kier alpha value is -1.66. The highest BCUT2D eigenvalue weighted by Crippen LogP contribution is 2.15. The predicted molar refractivity (Wildman–Crippen MR) is 61.5 cm³/mol. The number of nitrogens with zero attached hydrogens (tertiary/aromatic N) is 4. The smallest absolute Gasteiger partial charge is 0.227 e. The summed E-state index contributed by atoms with van der Waals surface area (Å²) < 4.78 is 6.55. The van der Waals surface area contributed by atoms with Crippen molar-refractivity contribution in [2.75, 3.05) is 13.7 Å². The molecular formula is C10H11ClN4O2. The third kappa shape index (κ3) is 2.72. The van der Waals surface area contributed by atoms with Gasteiger partial charge in [0.2, 0.25) is 11.2 Å². The van der Waals surface area contributed by atoms with E-state index < -0.39 is 0 Å². The van der Waals surface area contributed by atoms with E-state index in [0.717, 1.165) is 5.56 Å². The van der Waals surface area contributed by atoms with Crippen LogP contribution in [0.2, 0.25) is 5.28 Å². The summed E-state index contributed by atoms with van der Waals surface area (Å²) in [6.07, 6.45) is 3.99. The van der Waals surface area contributed by atoms with E-state index in [4.69, 9.17) is 21.4 Å². The van der Waals surface area contributed by atoms with Crippen LogP contribution in [0, 0.1) is 0 Å². The van der Waals surface area contributed by atoms with Crippen molar-refractivity contribution in [1.29, 1.82) is 0 Å². The van der Waals surface area contributed by atoms with E-state index in [2.05, 4.69) is 15.1 Å². The minimum atomic E-state index is 0.0829. The number of hydrogen-bond donors (Lipinski definition) is 1. The molecule has 0 saturated heterocycles. The molecule has 1 N–H and O–H groups in total. The van der Waals surface area contributed by atoms with E-state index in [9.17, 15) is 0 Å². The third-order valence-electron chi connectivity index (χ3n) is 2.14. The van der Waals surface area contributed by atoms with Gasteiger partial charge >= 0.3 is 0 Å². The summed E-state index contributed by atoms with van der Waals surface area (Å²) in [6, 6.07) is 1.63. The fraction of sp³-hybridized carbons (Fsp3) is 0.300. The molecule has 2 rings (SSSR count). The highest BCUT2D eigenvalue weighted by atomic mass is 35.5. The van der Waals surface area contributed by atoms with Crippen LogP contribution in [0.1, 0.15) is 5.56 Å². The Labute approximate surface area is 103 Å². The largest absolute Gasteiger partial charge is 0.481 e. The van der Waals surface area contributed by atoms with Crippen LogP contribution in [-0.4, -0.2) is 38.6 Å². The second-order valence-electron chi connectivity index (χ2n) is 3.30. The average Bonchev–Trinajstić information content (AvgIpc) is 2.77. The summed E-state index contributed by atoms with van der Waals surface area (Å²) in [5.41, 5.74) is 0.918. The number of rotatable bonds is 4. The lowest BCUT2D eigenvalue weighted by atomic mass is 10.3. The van der Waals surface area contributed by atoms with Crippen molar-refractivity contribution in [3.63, 3.8) is 0 Å². The summed E-state index contributed by atoms with van der Waals surface area (Å²) in [7, 11) is 1.50. The van der Waals surface area contributed by atoms with E-state index in [1.54, 1.807) is 23.1 Å². The monoisotopic (exact) mass is 254 g/mol. The van der Waals surface area contributed by atoms with Gasteiger partial charge in [-0.15, -0.1) is 0 Å². The lowest BCUT2D eigenvalue weighted by Gasteiger charge is -2.03. The molecule has 0 spiro atoms. The molecule has 6 nitrogen and oxygen atoms in total. The number of halogens is 1. The van der Waals surface area contributed by atoms with Gasteiger partial charge in [-0.2, -0.15) is 15.1 Å². The number of hydrogen-bond acceptors (Lipinski definition) is 5. The Morgan fingerprint density at radius 3 is 3.00 bits per heavy atom. The molecular weight excluding hydrogens is 244 g/mol. The molecule has 0 unspecified atom stereocenters. The third-order valence-corrected chi connectivity index (χ3v) is 2.31. The van der Waals surface area contributed by atoms with Gasteiger partial charge in [-0.3, -0.25) is 0 Å². The molecule has 0 atom stereocenters. The van der Waals surface area contributed by atoms with Gasteiger partial charge < -0.3 is 9.84 Å². The van der Waals surface area contributed by atoms with E-state index in [0.29, 0.717) is 18.1 Å². The average molecular weight is 255 g/mol. The number of methoxy groups -OCH3 is 1. The van der Waals surface area contributed by atoms with Gasteiger partial charge in [0.25, 0.3) is 0 Å². The second-order valence-corrected chi connectivity index (χ2v) is 3.64. The summed E-state index contributed by atoms with van der Waals surface area (Å²) in [5, 5.41) is 13.0. The van der Waals surface area contributed by atoms with E-state index in [1.165, 1.54) is 7.11 Å². The van der Waals surface area contributed by atoms with E-state index in [-0.39, 0.29) is 11.9 Å². The quantitative estimate of drug-likeness (QED) is 0.820. The zero-order chi connectivity index (χ0) is 12.3. The number of aliphatic hydroxyl groups is 1. The van der Waals surface area contributed by atoms with Crippen LogP contribution in [0.5, 0.6) is 5.88 Å². The van der Waals surface area contributed by atoms with Crippen LogP contribution in [-0.2, 0) is 6.42 Å². The number of aliphatic hydroxyl groups excluding tert-OH is 1. The maximum atomic E-state index is 8.82. The van der Waals surface area contributed by atoms with Gasteiger partial charge in [-0.05, 0) is 23.6 Å². The summed E-state index contributed by atoms with van der Waals surface area (Å²) in [5.74, 6) is 0.894. The fourth-order valence-electron chi connectivity index (χ4n) is 1.35. The summed E-state index contributed by atoms with van der Waals surface area (Å²) >= 11 is 5.76. The molecule has 0 aliphatic heterocycles. The molecule has 2 aromatic rings. The van der Waals surface area contributed by atoms with Crippen molar-refractivity contribution in [3.8, 4) is 11.7 Å². The van der Waals surface area contributed by atoms with Crippen molar-refractivity contribution >= 4 is 11.6 Å². The van der Waals surface area contributed by atoms with Gasteiger partial charge in [-0.1, -0.05) is 0 Å². The van der Waals surface area contributed by atoms with Gasteiger partial charge in [-0.25, -0.2) is 4.68 Å². The molecule has 0 aliphatic carbocycles. The Balaban J connectivity index is 2.34. The molecule has 90 valence electrons. The van der Waals surface area contributed by atoms with Gasteiger partial charge in [0, 0.05) is 18.9 Å². The van der Waals surface area contributed by atoms with Crippen LogP contribution in [0.25, 0.3) is 5.82 Å². The highest BCUT2D eigenvalue weighted by Gasteiger charge is 2.06. The molecule has 17 heavy (non-hydrogen) atoms. The second kappa shape index (κ2) is 5.11. The molecule has 0 radical (unpaired) electrons. The Bertz CT molecular complexity index is 515. The zero-order valence-corrected chi connectivity index (χ0v) is 9.92. The van der Waals surface area contributed by atoms with Crippen molar-refractivity contribution < 1.29 is 9.84 Å². The fourth-order valence-corrected chi connectivity index (χ4v) is 1.52. The lowest BCUT2D eigenvalue weighted by Crippen LogP contribution is -2.01. The molecule has 0 aliphatic rings. The molecule has 0 bridgehead atoms. The number of aromatic nitrogens is 4. The highest BCUT2D eigenvalue weighted by molar-refractivity contribution is 6.28. The Kier molecular flexibility index (Phi) is 3.55. The molecule has 0 fully saturated rings. The maximum absolute atomic E-state index is 8.82. The maximum Gasteiger partial charge on any atom is 0.227 e. The van der Waals surface area contributed by atoms with Crippen LogP contribution < -0.4 is 4.74 Å². The molecule has 2 heterocycles. The predicted octanol–water partition coefficient (Wildman–Crippen LogP) is 0.859. The first-order chi connectivity index (χ1) is 8.22. The molecule has 2 aromatic heterocycles. The first kappa shape index (κ1) is 11.8. The minimum Gasteiger partial charge on any atom is -0.481 e. The van der Waals surface area contributed by atoms with Gasteiger partial charge in [0.15, 0.2) is 5.82 Å². The van der Waals surface area contributed by atoms with Crippen molar-refractivity contribution in [2.24, 2.45) is 0 Å². The van der Waals surface area contributed by atoms with E-state index >= 15 is 0 Å². The first-order valence-corrected chi connectivity index (χ1v) is 5.34. The van der Waals surface area contributed by atoms with Gasteiger partial charge in [0.05, 0.1) is 13.3 Å². The lowest BCUT2D eigenvalue weighted by molar-refractivity contribution is 0.299. The van der Waals surface area contributed by atoms with Gasteiger partial charge in [0.1, 0.15) is 0 Å². The van der Waals surface area contributed by atoms with Crippen LogP contribution in [0.3, 0.4) is 0 Å². The van der Waals surface area contributed by atoms with Crippen molar-refractivity contribution in [2.45, 2.75) is 6.42 Å². The molecule has 0 saturated carbocycles. The SMILES string of the molecule is COc1cc(-n2cc(CCO)cn2)nc(Cl)n1. The van der Waals surface area contributed by atoms with Crippen molar-refractivity contribution in [1.82, 2.24) is 19.7 Å². The summed E-state index contributed by atoms with van der Waals surface area (Å²) in [6.45, 7) is 0.0829. The topological polar surface area (TPSA) is 73.1 Å². The van der Waals surface area contributed by atoms with Crippen LogP contribution in [0.4, 0.5) is 0 Å². The Morgan fingerprint density at radius 2 is 2.29 bits per heavy atom. The minimum absolute atomic E-state index is 0.0829. The van der Waals surface area contributed by atoms with Crippen molar-refractivity contribution in [3.05, 3.63) is 29.3 Å². The molecule has 7 heteroatoms. The number of ether oxygens (including phenoxy) is 1. The first-order valence-electron chi connectivity index (χ1n) is 4.96. The van der Waals surface area contributed by atoms with E-state index in [1.807, 2.05) is 0 Å². The Morgan fingerprint density at radius 1 is 1.47 bits per heavy atom. The van der Waals surface area contributed by atoms with Crippen LogP contribution >= 0.6 is 11.6 Å².